The molecule has 0 spiro atoms. The van der Waals surface area contributed by atoms with Crippen molar-refractivity contribution in [1.29, 1.82) is 0 Å². The van der Waals surface area contributed by atoms with Crippen molar-refractivity contribution in [2.75, 3.05) is 13.1 Å². The van der Waals surface area contributed by atoms with E-state index in [0.717, 1.165) is 25.2 Å². The number of nitrogens with zero attached hydrogens (tertiary/aromatic N) is 2. The second-order valence-corrected chi connectivity index (χ2v) is 3.28. The SMILES string of the molecule is C=CC1=C(N=C)CN(P)CC1. The van der Waals surface area contributed by atoms with Crippen LogP contribution in [0.2, 0.25) is 0 Å². The van der Waals surface area contributed by atoms with Crippen LogP contribution in [-0.4, -0.2) is 24.5 Å². The summed E-state index contributed by atoms with van der Waals surface area (Å²) in [4.78, 5) is 3.95. The molecular weight excluding hydrogens is 155 g/mol. The zero-order valence-corrected chi connectivity index (χ0v) is 7.74. The molecule has 1 heterocycles. The van der Waals surface area contributed by atoms with Crippen LogP contribution in [0.5, 0.6) is 0 Å². The fourth-order valence-corrected chi connectivity index (χ4v) is 1.45. The zero-order chi connectivity index (χ0) is 8.27. The van der Waals surface area contributed by atoms with Gasteiger partial charge in [-0.05, 0) is 18.7 Å². The van der Waals surface area contributed by atoms with Crippen LogP contribution in [0.15, 0.2) is 28.9 Å². The molecule has 1 atom stereocenters. The predicted molar refractivity (Wildman–Crippen MR) is 52.7 cm³/mol. The second-order valence-electron chi connectivity index (χ2n) is 2.55. The lowest BCUT2D eigenvalue weighted by molar-refractivity contribution is 0.483. The van der Waals surface area contributed by atoms with Crippen molar-refractivity contribution in [3.8, 4) is 0 Å². The first-order valence-electron chi connectivity index (χ1n) is 3.58. The van der Waals surface area contributed by atoms with Crippen molar-refractivity contribution in [2.24, 2.45) is 4.99 Å². The Bertz CT molecular complexity index is 208. The third-order valence-electron chi connectivity index (χ3n) is 1.83. The molecular formula is C8H13N2P. The maximum Gasteiger partial charge on any atom is 0.0572 e. The van der Waals surface area contributed by atoms with Gasteiger partial charge in [0.2, 0.25) is 0 Å². The molecule has 1 unspecified atom stereocenters. The van der Waals surface area contributed by atoms with Gasteiger partial charge in [0.15, 0.2) is 0 Å². The molecule has 1 rings (SSSR count). The third-order valence-corrected chi connectivity index (χ3v) is 2.27. The molecule has 2 nitrogen and oxygen atoms in total. The fourth-order valence-electron chi connectivity index (χ4n) is 1.15. The van der Waals surface area contributed by atoms with Crippen LogP contribution < -0.4 is 0 Å². The van der Waals surface area contributed by atoms with E-state index in [1.807, 2.05) is 6.08 Å². The summed E-state index contributed by atoms with van der Waals surface area (Å²) in [5.74, 6) is 0. The van der Waals surface area contributed by atoms with E-state index >= 15 is 0 Å². The lowest BCUT2D eigenvalue weighted by atomic mass is 10.1. The highest BCUT2D eigenvalue weighted by molar-refractivity contribution is 7.13. The Morgan fingerprint density at radius 3 is 2.91 bits per heavy atom. The molecule has 0 aromatic carbocycles. The van der Waals surface area contributed by atoms with Gasteiger partial charge in [0.05, 0.1) is 5.70 Å². The molecule has 0 radical (unpaired) electrons. The number of allylic oxidation sites excluding steroid dienone is 1. The lowest BCUT2D eigenvalue weighted by Crippen LogP contribution is -2.21. The molecule has 1 aliphatic rings. The van der Waals surface area contributed by atoms with E-state index in [9.17, 15) is 0 Å². The lowest BCUT2D eigenvalue weighted by Gasteiger charge is -2.23. The van der Waals surface area contributed by atoms with Crippen LogP contribution >= 0.6 is 9.39 Å². The van der Waals surface area contributed by atoms with Gasteiger partial charge in [0.25, 0.3) is 0 Å². The maximum atomic E-state index is 3.95. The average molecular weight is 168 g/mol. The van der Waals surface area contributed by atoms with Crippen molar-refractivity contribution in [2.45, 2.75) is 6.42 Å². The zero-order valence-electron chi connectivity index (χ0n) is 6.58. The van der Waals surface area contributed by atoms with Gasteiger partial charge in [-0.15, -0.1) is 0 Å². The van der Waals surface area contributed by atoms with E-state index in [-0.39, 0.29) is 0 Å². The molecule has 60 valence electrons. The van der Waals surface area contributed by atoms with Crippen LogP contribution in [-0.2, 0) is 0 Å². The molecule has 3 heteroatoms. The highest BCUT2D eigenvalue weighted by Crippen LogP contribution is 2.21. The first kappa shape index (κ1) is 8.63. The first-order chi connectivity index (χ1) is 5.27. The molecule has 0 fully saturated rings. The number of rotatable bonds is 2. The quantitative estimate of drug-likeness (QED) is 0.452. The van der Waals surface area contributed by atoms with Gasteiger partial charge >= 0.3 is 0 Å². The minimum Gasteiger partial charge on any atom is -0.281 e. The summed E-state index contributed by atoms with van der Waals surface area (Å²) in [5, 5.41) is 0. The summed E-state index contributed by atoms with van der Waals surface area (Å²) >= 11 is 0. The van der Waals surface area contributed by atoms with Crippen molar-refractivity contribution < 1.29 is 0 Å². The van der Waals surface area contributed by atoms with Gasteiger partial charge < -0.3 is 0 Å². The Balaban J connectivity index is 2.82. The van der Waals surface area contributed by atoms with Crippen LogP contribution in [0.1, 0.15) is 6.42 Å². The molecule has 0 aliphatic carbocycles. The average Bonchev–Trinajstić information content (AvgIpc) is 2.04. The summed E-state index contributed by atoms with van der Waals surface area (Å²) in [6.07, 6.45) is 2.91. The van der Waals surface area contributed by atoms with Gasteiger partial charge in [0.1, 0.15) is 0 Å². The largest absolute Gasteiger partial charge is 0.281 e. The van der Waals surface area contributed by atoms with Gasteiger partial charge in [0, 0.05) is 13.1 Å². The molecule has 0 aromatic heterocycles. The number of aliphatic imine (C=N–C) groups is 1. The fraction of sp³-hybridized carbons (Fsp3) is 0.375. The molecule has 11 heavy (non-hydrogen) atoms. The van der Waals surface area contributed by atoms with E-state index in [0.29, 0.717) is 0 Å². The Hall–Kier alpha value is -0.460. The Labute approximate surface area is 70.0 Å². The summed E-state index contributed by atoms with van der Waals surface area (Å²) in [6, 6.07) is 0. The molecule has 0 N–H and O–H groups in total. The highest BCUT2D eigenvalue weighted by atomic mass is 31.0. The highest BCUT2D eigenvalue weighted by Gasteiger charge is 2.12. The summed E-state index contributed by atoms with van der Waals surface area (Å²) in [6.45, 7) is 9.19. The minimum absolute atomic E-state index is 0.871. The van der Waals surface area contributed by atoms with Crippen molar-refractivity contribution in [1.82, 2.24) is 4.67 Å². The normalized spacial score (nSPS) is 20.1. The standard InChI is InChI=1S/C8H13N2P/c1-3-7-4-5-10(11)6-8(7)9-2/h3H,1-2,4-6,11H2. The van der Waals surface area contributed by atoms with Crippen molar-refractivity contribution in [3.05, 3.63) is 23.9 Å². The van der Waals surface area contributed by atoms with Crippen LogP contribution in [0.4, 0.5) is 0 Å². The molecule has 0 saturated carbocycles. The van der Waals surface area contributed by atoms with Gasteiger partial charge in [-0.1, -0.05) is 22.0 Å². The summed E-state index contributed by atoms with van der Waals surface area (Å²) in [5.41, 5.74) is 2.29. The van der Waals surface area contributed by atoms with Crippen LogP contribution in [0.25, 0.3) is 0 Å². The number of hydrogen-bond acceptors (Lipinski definition) is 2. The second kappa shape index (κ2) is 3.80. The molecule has 0 aromatic rings. The van der Waals surface area contributed by atoms with Gasteiger partial charge in [-0.2, -0.15) is 0 Å². The molecule has 0 bridgehead atoms. The first-order valence-corrected chi connectivity index (χ1v) is 4.10. The smallest absolute Gasteiger partial charge is 0.0572 e. The predicted octanol–water partition coefficient (Wildman–Crippen LogP) is 1.62. The van der Waals surface area contributed by atoms with Gasteiger partial charge in [-0.25, -0.2) is 0 Å². The van der Waals surface area contributed by atoms with E-state index < -0.39 is 0 Å². The monoisotopic (exact) mass is 168 g/mol. The molecule has 0 amide bonds. The van der Waals surface area contributed by atoms with Crippen LogP contribution in [0.3, 0.4) is 0 Å². The van der Waals surface area contributed by atoms with Gasteiger partial charge in [-0.3, -0.25) is 9.66 Å². The minimum atomic E-state index is 0.871. The van der Waals surface area contributed by atoms with Crippen molar-refractivity contribution >= 4 is 16.1 Å². The molecule has 1 aliphatic heterocycles. The van der Waals surface area contributed by atoms with Crippen LogP contribution in [0, 0.1) is 0 Å². The topological polar surface area (TPSA) is 15.6 Å². The Kier molecular flexibility index (Phi) is 2.98. The summed E-state index contributed by atoms with van der Waals surface area (Å²) in [7, 11) is 2.67. The van der Waals surface area contributed by atoms with E-state index in [4.69, 9.17) is 0 Å². The van der Waals surface area contributed by atoms with E-state index in [2.05, 4.69) is 32.3 Å². The summed E-state index contributed by atoms with van der Waals surface area (Å²) < 4.78 is 2.15. The van der Waals surface area contributed by atoms with E-state index in [1.54, 1.807) is 0 Å². The van der Waals surface area contributed by atoms with E-state index in [1.165, 1.54) is 5.57 Å². The number of hydrogen-bond donors (Lipinski definition) is 0. The Morgan fingerprint density at radius 1 is 1.64 bits per heavy atom. The molecule has 0 saturated heterocycles. The maximum absolute atomic E-state index is 3.95. The van der Waals surface area contributed by atoms with Crippen molar-refractivity contribution in [3.63, 3.8) is 0 Å². The third kappa shape index (κ3) is 1.98. The Morgan fingerprint density at radius 2 is 2.36 bits per heavy atom.